The number of hydrogen-bond donors (Lipinski definition) is 1. The van der Waals surface area contributed by atoms with Gasteiger partial charge in [0.25, 0.3) is 0 Å². The first-order valence-corrected chi connectivity index (χ1v) is 9.67. The van der Waals surface area contributed by atoms with Crippen LogP contribution in [0.25, 0.3) is 0 Å². The summed E-state index contributed by atoms with van der Waals surface area (Å²) in [7, 11) is 0. The topological polar surface area (TPSA) is 47.9 Å². The maximum atomic E-state index is 12.7. The lowest BCUT2D eigenvalue weighted by Crippen LogP contribution is -2.72. The van der Waals surface area contributed by atoms with Gasteiger partial charge in [-0.3, -0.25) is 4.79 Å². The van der Waals surface area contributed by atoms with Crippen LogP contribution >= 0.6 is 0 Å². The minimum Gasteiger partial charge on any atom is -0.356 e. The van der Waals surface area contributed by atoms with E-state index in [-0.39, 0.29) is 23.4 Å². The van der Waals surface area contributed by atoms with Crippen LogP contribution < -0.4 is 5.32 Å². The number of nitrogens with one attached hydrogen (secondary N) is 1. The Hall–Kier alpha value is -2.04. The van der Waals surface area contributed by atoms with Gasteiger partial charge < -0.3 is 15.1 Å². The summed E-state index contributed by atoms with van der Waals surface area (Å²) in [6.45, 7) is 14.6. The van der Waals surface area contributed by atoms with Crippen molar-refractivity contribution in [3.63, 3.8) is 0 Å². The zero-order valence-corrected chi connectivity index (χ0v) is 16.8. The van der Waals surface area contributed by atoms with Gasteiger partial charge in [-0.1, -0.05) is 38.1 Å². The van der Waals surface area contributed by atoms with E-state index in [4.69, 9.17) is 0 Å². The second kappa shape index (κ2) is 6.93. The van der Waals surface area contributed by atoms with Gasteiger partial charge in [0, 0.05) is 37.1 Å². The quantitative estimate of drug-likeness (QED) is 0.669. The molecule has 1 aromatic rings. The van der Waals surface area contributed by atoms with Gasteiger partial charge in [-0.25, -0.2) is 4.99 Å². The lowest BCUT2D eigenvalue weighted by molar-refractivity contribution is -0.130. The molecule has 0 aromatic heterocycles. The number of likely N-dealkylation sites (tertiary alicyclic amines) is 1. The van der Waals surface area contributed by atoms with Crippen molar-refractivity contribution in [1.82, 2.24) is 15.1 Å². The highest BCUT2D eigenvalue weighted by Gasteiger charge is 2.53. The summed E-state index contributed by atoms with van der Waals surface area (Å²) in [6, 6.07) is 8.39. The minimum absolute atomic E-state index is 0.0289. The first-order chi connectivity index (χ1) is 12.3. The molecule has 0 spiro atoms. The van der Waals surface area contributed by atoms with Crippen LogP contribution in [0.5, 0.6) is 0 Å². The molecule has 3 rings (SSSR count). The lowest BCUT2D eigenvalue weighted by atomic mass is 9.65. The second-order valence-electron chi connectivity index (χ2n) is 8.53. The highest BCUT2D eigenvalue weighted by Crippen LogP contribution is 2.46. The molecule has 0 bridgehead atoms. The van der Waals surface area contributed by atoms with Crippen LogP contribution in [-0.2, 0) is 17.8 Å². The van der Waals surface area contributed by atoms with Gasteiger partial charge in [0.15, 0.2) is 5.96 Å². The zero-order valence-electron chi connectivity index (χ0n) is 16.8. The molecule has 2 heterocycles. The number of amides is 1. The Balaban J connectivity index is 1.66. The summed E-state index contributed by atoms with van der Waals surface area (Å²) in [5, 5.41) is 3.36. The Kier molecular flexibility index (Phi) is 5.00. The van der Waals surface area contributed by atoms with E-state index in [0.717, 1.165) is 32.0 Å². The fourth-order valence-electron chi connectivity index (χ4n) is 3.75. The van der Waals surface area contributed by atoms with Crippen molar-refractivity contribution in [3.8, 4) is 0 Å². The molecular formula is C21H32N4O. The van der Waals surface area contributed by atoms with Gasteiger partial charge in [0.05, 0.1) is 0 Å². The minimum atomic E-state index is 0.0289. The fraction of sp³-hybridized carbons (Fsp3) is 0.619. The Labute approximate surface area is 157 Å². The third-order valence-corrected chi connectivity index (χ3v) is 6.32. The van der Waals surface area contributed by atoms with Crippen LogP contribution in [0.1, 0.15) is 45.7 Å². The van der Waals surface area contributed by atoms with E-state index in [1.807, 2.05) is 11.0 Å². The molecule has 2 aliphatic rings. The van der Waals surface area contributed by atoms with Gasteiger partial charge in [-0.15, -0.1) is 0 Å². The van der Waals surface area contributed by atoms with Crippen molar-refractivity contribution in [2.24, 2.45) is 10.4 Å². The molecule has 1 aromatic carbocycles. The van der Waals surface area contributed by atoms with Gasteiger partial charge in [-0.2, -0.15) is 0 Å². The maximum absolute atomic E-state index is 12.7. The van der Waals surface area contributed by atoms with Crippen molar-refractivity contribution >= 4 is 11.9 Å². The van der Waals surface area contributed by atoms with Crippen LogP contribution in [0.3, 0.4) is 0 Å². The van der Waals surface area contributed by atoms with E-state index in [9.17, 15) is 4.79 Å². The smallest absolute Gasteiger partial charge is 0.244 e. The number of nitrogens with zero attached hydrogens (tertiary/aromatic N) is 3. The molecule has 2 aliphatic heterocycles. The molecule has 0 atom stereocenters. The number of rotatable bonds is 3. The van der Waals surface area contributed by atoms with Gasteiger partial charge in [-0.05, 0) is 38.3 Å². The molecule has 0 radical (unpaired) electrons. The summed E-state index contributed by atoms with van der Waals surface area (Å²) >= 11 is 0. The standard InChI is InChI=1S/C21H32N4O/c1-6-22-19(25-15-20(2,3)21(25,4)5)23-13-18(26)24-12-11-16-9-7-8-10-17(16)14-24/h7-10H,6,11-15H2,1-5H3,(H,22,23). The Morgan fingerprint density at radius 3 is 2.50 bits per heavy atom. The molecule has 5 heteroatoms. The highest BCUT2D eigenvalue weighted by molar-refractivity contribution is 5.86. The van der Waals surface area contributed by atoms with E-state index in [2.05, 4.69) is 68.0 Å². The molecule has 26 heavy (non-hydrogen) atoms. The van der Waals surface area contributed by atoms with E-state index in [1.54, 1.807) is 0 Å². The molecular weight excluding hydrogens is 324 g/mol. The number of hydrogen-bond acceptors (Lipinski definition) is 2. The zero-order chi connectivity index (χ0) is 18.9. The van der Waals surface area contributed by atoms with Crippen LogP contribution in [0, 0.1) is 5.41 Å². The van der Waals surface area contributed by atoms with Gasteiger partial charge in [0.2, 0.25) is 5.91 Å². The van der Waals surface area contributed by atoms with E-state index >= 15 is 0 Å². The molecule has 0 saturated carbocycles. The van der Waals surface area contributed by atoms with E-state index in [0.29, 0.717) is 6.54 Å². The normalized spacial score (nSPS) is 21.0. The van der Waals surface area contributed by atoms with Crippen molar-refractivity contribution in [3.05, 3.63) is 35.4 Å². The average molecular weight is 357 g/mol. The van der Waals surface area contributed by atoms with Crippen LogP contribution in [0.15, 0.2) is 29.3 Å². The predicted octanol–water partition coefficient (Wildman–Crippen LogP) is 2.66. The lowest BCUT2D eigenvalue weighted by Gasteiger charge is -2.62. The largest absolute Gasteiger partial charge is 0.356 e. The van der Waals surface area contributed by atoms with Crippen molar-refractivity contribution in [2.75, 3.05) is 26.2 Å². The molecule has 1 saturated heterocycles. The molecule has 1 amide bonds. The first kappa shape index (κ1) is 18.7. The molecule has 1 N–H and O–H groups in total. The summed E-state index contributed by atoms with van der Waals surface area (Å²) in [5.74, 6) is 0.954. The highest BCUT2D eigenvalue weighted by atomic mass is 16.2. The monoisotopic (exact) mass is 356 g/mol. The van der Waals surface area contributed by atoms with E-state index < -0.39 is 0 Å². The van der Waals surface area contributed by atoms with E-state index in [1.165, 1.54) is 11.1 Å². The molecule has 142 valence electrons. The van der Waals surface area contributed by atoms with Crippen molar-refractivity contribution in [1.29, 1.82) is 0 Å². The predicted molar refractivity (Wildman–Crippen MR) is 106 cm³/mol. The number of benzene rings is 1. The SMILES string of the molecule is CCNC(=NCC(=O)N1CCc2ccccc2C1)N1CC(C)(C)C1(C)C. The number of fused-ring (bicyclic) bond motifs is 1. The second-order valence-corrected chi connectivity index (χ2v) is 8.53. The molecule has 1 fully saturated rings. The molecule has 5 nitrogen and oxygen atoms in total. The first-order valence-electron chi connectivity index (χ1n) is 9.67. The van der Waals surface area contributed by atoms with Crippen molar-refractivity contribution in [2.45, 2.75) is 53.1 Å². The molecule has 0 aliphatic carbocycles. The van der Waals surface area contributed by atoms with Crippen LogP contribution in [0.4, 0.5) is 0 Å². The molecule has 0 unspecified atom stereocenters. The summed E-state index contributed by atoms with van der Waals surface area (Å²) < 4.78 is 0. The Morgan fingerprint density at radius 2 is 1.88 bits per heavy atom. The third kappa shape index (κ3) is 3.31. The summed E-state index contributed by atoms with van der Waals surface area (Å²) in [4.78, 5) is 21.6. The number of aliphatic imine (C=N–C) groups is 1. The summed E-state index contributed by atoms with van der Waals surface area (Å²) in [5.41, 5.74) is 2.89. The average Bonchev–Trinajstić information content (AvgIpc) is 2.62. The Bertz CT molecular complexity index is 708. The third-order valence-electron chi connectivity index (χ3n) is 6.32. The Morgan fingerprint density at radius 1 is 1.19 bits per heavy atom. The van der Waals surface area contributed by atoms with Crippen LogP contribution in [0.2, 0.25) is 0 Å². The fourth-order valence-corrected chi connectivity index (χ4v) is 3.75. The van der Waals surface area contributed by atoms with Crippen molar-refractivity contribution < 1.29 is 4.79 Å². The summed E-state index contributed by atoms with van der Waals surface area (Å²) in [6.07, 6.45) is 0.930. The van der Waals surface area contributed by atoms with Gasteiger partial charge in [0.1, 0.15) is 6.54 Å². The number of guanidine groups is 1. The maximum Gasteiger partial charge on any atom is 0.244 e. The number of carbonyl (C=O) groups excluding carboxylic acids is 1. The number of carbonyl (C=O) groups is 1. The van der Waals surface area contributed by atoms with Gasteiger partial charge >= 0.3 is 0 Å². The van der Waals surface area contributed by atoms with Crippen LogP contribution in [-0.4, -0.2) is 53.4 Å².